The van der Waals surface area contributed by atoms with E-state index in [-0.39, 0.29) is 18.5 Å². The third kappa shape index (κ3) is 4.49. The lowest BCUT2D eigenvalue weighted by Gasteiger charge is -2.05. The molecule has 5 heteroatoms. The van der Waals surface area contributed by atoms with Crippen LogP contribution in [0.1, 0.15) is 12.8 Å². The normalized spacial score (nSPS) is 14.3. The lowest BCUT2D eigenvalue weighted by molar-refractivity contribution is -0.119. The summed E-state index contributed by atoms with van der Waals surface area (Å²) in [5.41, 5.74) is 0. The van der Waals surface area contributed by atoms with Gasteiger partial charge in [-0.15, -0.1) is 6.58 Å². The maximum atomic E-state index is 11.0. The zero-order valence-electron chi connectivity index (χ0n) is 8.01. The van der Waals surface area contributed by atoms with Gasteiger partial charge in [-0.05, 0) is 12.8 Å². The first-order valence-corrected chi connectivity index (χ1v) is 4.64. The van der Waals surface area contributed by atoms with E-state index in [9.17, 15) is 9.59 Å². The molecule has 3 amide bonds. The highest BCUT2D eigenvalue weighted by Gasteiger charge is 2.23. The minimum Gasteiger partial charge on any atom is -0.351 e. The van der Waals surface area contributed by atoms with Gasteiger partial charge in [0.05, 0.1) is 6.54 Å². The van der Waals surface area contributed by atoms with E-state index in [1.807, 2.05) is 0 Å². The quantitative estimate of drug-likeness (QED) is 0.532. The number of nitrogens with one attached hydrogen (secondary N) is 3. The monoisotopic (exact) mass is 197 g/mol. The van der Waals surface area contributed by atoms with E-state index in [0.29, 0.717) is 12.6 Å². The predicted octanol–water partition coefficient (Wildman–Crippen LogP) is -0.250. The van der Waals surface area contributed by atoms with Crippen LogP contribution in [-0.4, -0.2) is 31.1 Å². The van der Waals surface area contributed by atoms with Gasteiger partial charge in [-0.2, -0.15) is 0 Å². The number of rotatable bonds is 5. The highest BCUT2D eigenvalue weighted by molar-refractivity contribution is 5.84. The highest BCUT2D eigenvalue weighted by atomic mass is 16.2. The van der Waals surface area contributed by atoms with Crippen molar-refractivity contribution in [3.05, 3.63) is 12.7 Å². The molecule has 0 bridgehead atoms. The summed E-state index contributed by atoms with van der Waals surface area (Å²) < 4.78 is 0. The number of hydrogen-bond donors (Lipinski definition) is 3. The van der Waals surface area contributed by atoms with E-state index in [2.05, 4.69) is 22.5 Å². The zero-order valence-corrected chi connectivity index (χ0v) is 8.01. The van der Waals surface area contributed by atoms with E-state index >= 15 is 0 Å². The van der Waals surface area contributed by atoms with Crippen LogP contribution in [0.15, 0.2) is 12.7 Å². The molecule has 1 fully saturated rings. The van der Waals surface area contributed by atoms with Crippen LogP contribution in [0.3, 0.4) is 0 Å². The number of hydrogen-bond acceptors (Lipinski definition) is 2. The smallest absolute Gasteiger partial charge is 0.315 e. The Morgan fingerprint density at radius 2 is 2.07 bits per heavy atom. The highest BCUT2D eigenvalue weighted by Crippen LogP contribution is 2.17. The third-order valence-corrected chi connectivity index (χ3v) is 1.77. The van der Waals surface area contributed by atoms with Gasteiger partial charge >= 0.3 is 6.03 Å². The van der Waals surface area contributed by atoms with Gasteiger partial charge in [0.1, 0.15) is 0 Å². The van der Waals surface area contributed by atoms with Crippen molar-refractivity contribution in [2.24, 2.45) is 0 Å². The van der Waals surface area contributed by atoms with Crippen molar-refractivity contribution in [3.63, 3.8) is 0 Å². The summed E-state index contributed by atoms with van der Waals surface area (Å²) in [5.74, 6) is -0.212. The van der Waals surface area contributed by atoms with Gasteiger partial charge in [0.2, 0.25) is 5.91 Å². The molecule has 0 atom stereocenters. The summed E-state index contributed by atoms with van der Waals surface area (Å²) in [6.45, 7) is 3.89. The van der Waals surface area contributed by atoms with Gasteiger partial charge < -0.3 is 16.0 Å². The Morgan fingerprint density at radius 3 is 2.64 bits per heavy atom. The first-order chi connectivity index (χ1) is 6.72. The van der Waals surface area contributed by atoms with Crippen LogP contribution in [0.5, 0.6) is 0 Å². The standard InChI is InChI=1S/C9H15N3O2/c1-2-5-10-8(13)6-11-9(14)12-7-3-4-7/h2,7H,1,3-6H2,(H,10,13)(H2,11,12,14). The molecule has 1 rings (SSSR count). The van der Waals surface area contributed by atoms with Gasteiger partial charge in [0, 0.05) is 12.6 Å². The predicted molar refractivity (Wildman–Crippen MR) is 52.8 cm³/mol. The fourth-order valence-corrected chi connectivity index (χ4v) is 0.873. The van der Waals surface area contributed by atoms with Crippen molar-refractivity contribution < 1.29 is 9.59 Å². The second kappa shape index (κ2) is 5.26. The van der Waals surface area contributed by atoms with Crippen LogP contribution in [-0.2, 0) is 4.79 Å². The lowest BCUT2D eigenvalue weighted by Crippen LogP contribution is -2.42. The van der Waals surface area contributed by atoms with Crippen LogP contribution in [0, 0.1) is 0 Å². The summed E-state index contributed by atoms with van der Waals surface area (Å²) in [6.07, 6.45) is 3.66. The minimum atomic E-state index is -0.277. The van der Waals surface area contributed by atoms with Crippen LogP contribution in [0.25, 0.3) is 0 Å². The zero-order chi connectivity index (χ0) is 10.4. The van der Waals surface area contributed by atoms with Crippen LogP contribution >= 0.6 is 0 Å². The number of urea groups is 1. The van der Waals surface area contributed by atoms with Gasteiger partial charge in [0.25, 0.3) is 0 Å². The van der Waals surface area contributed by atoms with Crippen molar-refractivity contribution >= 4 is 11.9 Å². The molecule has 1 saturated carbocycles. The molecule has 0 spiro atoms. The molecule has 1 aliphatic rings. The van der Waals surface area contributed by atoms with Crippen LogP contribution in [0.2, 0.25) is 0 Å². The fourth-order valence-electron chi connectivity index (χ4n) is 0.873. The first-order valence-electron chi connectivity index (χ1n) is 4.64. The largest absolute Gasteiger partial charge is 0.351 e. The van der Waals surface area contributed by atoms with E-state index in [4.69, 9.17) is 0 Å². The van der Waals surface area contributed by atoms with Crippen molar-refractivity contribution in [1.29, 1.82) is 0 Å². The molecular formula is C9H15N3O2. The molecule has 0 aliphatic heterocycles. The number of carbonyl (C=O) groups excluding carboxylic acids is 2. The van der Waals surface area contributed by atoms with E-state index in [1.54, 1.807) is 6.08 Å². The van der Waals surface area contributed by atoms with E-state index in [0.717, 1.165) is 12.8 Å². The molecule has 78 valence electrons. The maximum absolute atomic E-state index is 11.0. The second-order valence-corrected chi connectivity index (χ2v) is 3.19. The number of amides is 3. The summed E-state index contributed by atoms with van der Waals surface area (Å²) in [5, 5.41) is 7.74. The molecule has 14 heavy (non-hydrogen) atoms. The Morgan fingerprint density at radius 1 is 1.36 bits per heavy atom. The Kier molecular flexibility index (Phi) is 3.97. The summed E-state index contributed by atoms with van der Waals surface area (Å²) in [4.78, 5) is 22.1. The molecule has 0 aromatic heterocycles. The Labute approximate surface area is 82.9 Å². The Hall–Kier alpha value is -1.52. The summed E-state index contributed by atoms with van der Waals surface area (Å²) in [7, 11) is 0. The first kappa shape index (κ1) is 10.6. The van der Waals surface area contributed by atoms with Crippen molar-refractivity contribution in [1.82, 2.24) is 16.0 Å². The summed E-state index contributed by atoms with van der Waals surface area (Å²) >= 11 is 0. The lowest BCUT2D eigenvalue weighted by atomic mass is 10.5. The molecule has 0 unspecified atom stereocenters. The molecule has 0 aromatic carbocycles. The second-order valence-electron chi connectivity index (χ2n) is 3.19. The van der Waals surface area contributed by atoms with E-state index < -0.39 is 0 Å². The molecular weight excluding hydrogens is 182 g/mol. The molecule has 0 aromatic rings. The molecule has 0 radical (unpaired) electrons. The van der Waals surface area contributed by atoms with Gasteiger partial charge in [-0.3, -0.25) is 4.79 Å². The molecule has 1 aliphatic carbocycles. The number of carbonyl (C=O) groups is 2. The maximum Gasteiger partial charge on any atom is 0.315 e. The molecule has 0 saturated heterocycles. The van der Waals surface area contributed by atoms with E-state index in [1.165, 1.54) is 0 Å². The summed E-state index contributed by atoms with van der Waals surface area (Å²) in [6, 6.07) is 0.0347. The van der Waals surface area contributed by atoms with Crippen molar-refractivity contribution in [3.8, 4) is 0 Å². The average molecular weight is 197 g/mol. The van der Waals surface area contributed by atoms with Gasteiger partial charge in [-0.25, -0.2) is 4.79 Å². The SMILES string of the molecule is C=CCNC(=O)CNC(=O)NC1CC1. The van der Waals surface area contributed by atoms with Crippen molar-refractivity contribution in [2.45, 2.75) is 18.9 Å². The molecule has 0 heterocycles. The fraction of sp³-hybridized carbons (Fsp3) is 0.556. The van der Waals surface area contributed by atoms with Gasteiger partial charge in [-0.1, -0.05) is 6.08 Å². The van der Waals surface area contributed by atoms with Crippen LogP contribution < -0.4 is 16.0 Å². The van der Waals surface area contributed by atoms with Crippen LogP contribution in [0.4, 0.5) is 4.79 Å². The van der Waals surface area contributed by atoms with Crippen molar-refractivity contribution in [2.75, 3.05) is 13.1 Å². The Balaban J connectivity index is 2.02. The third-order valence-electron chi connectivity index (χ3n) is 1.77. The minimum absolute atomic E-state index is 0.00634. The average Bonchev–Trinajstić information content (AvgIpc) is 2.95. The van der Waals surface area contributed by atoms with Gasteiger partial charge in [0.15, 0.2) is 0 Å². The molecule has 3 N–H and O–H groups in total. The topological polar surface area (TPSA) is 70.2 Å². The Bertz CT molecular complexity index is 236. The molecule has 5 nitrogen and oxygen atoms in total.